The van der Waals surface area contributed by atoms with E-state index >= 15 is 0 Å². The van der Waals surface area contributed by atoms with Gasteiger partial charge in [-0.1, -0.05) is 23.7 Å². The summed E-state index contributed by atoms with van der Waals surface area (Å²) in [7, 11) is 1.60. The molecule has 0 spiro atoms. The average Bonchev–Trinajstić information content (AvgIpc) is 3.06. The summed E-state index contributed by atoms with van der Waals surface area (Å²) in [6.45, 7) is 1.25. The van der Waals surface area contributed by atoms with Crippen LogP contribution in [-0.2, 0) is 17.8 Å². The van der Waals surface area contributed by atoms with Crippen LogP contribution in [0.2, 0.25) is 5.02 Å². The SMILES string of the molecule is COCCCn1c(=O)c2sccc2n(Cc2ccc(Cl)cc2)c1=O. The number of fused-ring (bicyclic) bond motifs is 1. The zero-order valence-corrected chi connectivity index (χ0v) is 14.8. The summed E-state index contributed by atoms with van der Waals surface area (Å²) in [6.07, 6.45) is 0.615. The van der Waals surface area contributed by atoms with E-state index in [9.17, 15) is 9.59 Å². The van der Waals surface area contributed by atoms with Crippen molar-refractivity contribution in [3.63, 3.8) is 0 Å². The second-order valence-corrected chi connectivity index (χ2v) is 6.79. The van der Waals surface area contributed by atoms with Crippen molar-refractivity contribution in [2.45, 2.75) is 19.5 Å². The summed E-state index contributed by atoms with van der Waals surface area (Å²) in [6, 6.07) is 9.17. The molecule has 2 heterocycles. The predicted molar refractivity (Wildman–Crippen MR) is 97.4 cm³/mol. The van der Waals surface area contributed by atoms with Gasteiger partial charge in [0.2, 0.25) is 0 Å². The highest BCUT2D eigenvalue weighted by atomic mass is 35.5. The molecule has 24 heavy (non-hydrogen) atoms. The highest BCUT2D eigenvalue weighted by molar-refractivity contribution is 7.17. The molecule has 3 aromatic rings. The maximum absolute atomic E-state index is 12.8. The molecule has 0 bridgehead atoms. The first-order chi connectivity index (χ1) is 11.6. The number of hydrogen-bond donors (Lipinski definition) is 0. The molecule has 0 N–H and O–H groups in total. The Balaban J connectivity index is 2.08. The third kappa shape index (κ3) is 3.31. The monoisotopic (exact) mass is 364 g/mol. The lowest BCUT2D eigenvalue weighted by Crippen LogP contribution is -2.40. The quantitative estimate of drug-likeness (QED) is 0.632. The van der Waals surface area contributed by atoms with Crippen LogP contribution < -0.4 is 11.2 Å². The molecule has 0 atom stereocenters. The molecule has 126 valence electrons. The maximum atomic E-state index is 12.8. The van der Waals surface area contributed by atoms with E-state index in [1.54, 1.807) is 23.8 Å². The van der Waals surface area contributed by atoms with Gasteiger partial charge >= 0.3 is 5.69 Å². The molecule has 0 fully saturated rings. The second kappa shape index (κ2) is 7.34. The molecule has 5 nitrogen and oxygen atoms in total. The molecule has 0 unspecified atom stereocenters. The molecule has 0 aliphatic carbocycles. The summed E-state index contributed by atoms with van der Waals surface area (Å²) >= 11 is 7.27. The van der Waals surface area contributed by atoms with Crippen molar-refractivity contribution in [2.75, 3.05) is 13.7 Å². The summed E-state index contributed by atoms with van der Waals surface area (Å²) in [5, 5.41) is 2.49. The van der Waals surface area contributed by atoms with Gasteiger partial charge in [-0.2, -0.15) is 0 Å². The standard InChI is InChI=1S/C17H17ClN2O3S/c1-23-9-2-8-19-16(21)15-14(7-10-24-15)20(17(19)22)11-12-3-5-13(18)6-4-12/h3-7,10H,2,8-9,11H2,1H3. The van der Waals surface area contributed by atoms with Gasteiger partial charge in [0.25, 0.3) is 5.56 Å². The van der Waals surface area contributed by atoms with E-state index in [0.717, 1.165) is 5.56 Å². The highest BCUT2D eigenvalue weighted by Gasteiger charge is 2.14. The van der Waals surface area contributed by atoms with Crippen LogP contribution >= 0.6 is 22.9 Å². The molecule has 0 saturated carbocycles. The van der Waals surface area contributed by atoms with Gasteiger partial charge in [-0.25, -0.2) is 4.79 Å². The Kier molecular flexibility index (Phi) is 5.18. The van der Waals surface area contributed by atoms with E-state index in [1.807, 2.05) is 23.6 Å². The van der Waals surface area contributed by atoms with Crippen molar-refractivity contribution < 1.29 is 4.74 Å². The Morgan fingerprint density at radius 2 is 1.88 bits per heavy atom. The van der Waals surface area contributed by atoms with Crippen molar-refractivity contribution >= 4 is 33.2 Å². The molecule has 3 rings (SSSR count). The fourth-order valence-electron chi connectivity index (χ4n) is 2.62. The van der Waals surface area contributed by atoms with Crippen LogP contribution in [0.15, 0.2) is 45.3 Å². The minimum atomic E-state index is -0.294. The van der Waals surface area contributed by atoms with Gasteiger partial charge in [0, 0.05) is 25.3 Å². The van der Waals surface area contributed by atoms with Crippen molar-refractivity contribution in [3.05, 3.63) is 67.1 Å². The van der Waals surface area contributed by atoms with Crippen LogP contribution in [0.4, 0.5) is 0 Å². The number of ether oxygens (including phenoxy) is 1. The van der Waals surface area contributed by atoms with E-state index in [0.29, 0.717) is 41.4 Å². The van der Waals surface area contributed by atoms with Gasteiger partial charge < -0.3 is 4.74 Å². The molecular weight excluding hydrogens is 348 g/mol. The van der Waals surface area contributed by atoms with E-state index < -0.39 is 0 Å². The Morgan fingerprint density at radius 1 is 1.12 bits per heavy atom. The molecule has 0 amide bonds. The predicted octanol–water partition coefficient (Wildman–Crippen LogP) is 2.96. The molecule has 2 aromatic heterocycles. The molecule has 0 aliphatic heterocycles. The van der Waals surface area contributed by atoms with Crippen LogP contribution in [0, 0.1) is 0 Å². The van der Waals surface area contributed by atoms with Crippen molar-refractivity contribution in [3.8, 4) is 0 Å². The summed E-state index contributed by atoms with van der Waals surface area (Å²) in [5.74, 6) is 0. The van der Waals surface area contributed by atoms with Gasteiger partial charge in [-0.3, -0.25) is 13.9 Å². The Labute approximate surface area is 147 Å². The van der Waals surface area contributed by atoms with Crippen LogP contribution in [0.3, 0.4) is 0 Å². The number of benzene rings is 1. The second-order valence-electron chi connectivity index (χ2n) is 5.43. The van der Waals surface area contributed by atoms with E-state index in [2.05, 4.69) is 0 Å². The molecule has 0 saturated heterocycles. The largest absolute Gasteiger partial charge is 0.385 e. The lowest BCUT2D eigenvalue weighted by molar-refractivity contribution is 0.189. The van der Waals surface area contributed by atoms with E-state index in [-0.39, 0.29) is 11.2 Å². The zero-order valence-electron chi connectivity index (χ0n) is 13.2. The topological polar surface area (TPSA) is 53.2 Å². The van der Waals surface area contributed by atoms with Crippen LogP contribution in [-0.4, -0.2) is 22.9 Å². The number of aromatic nitrogens is 2. The number of hydrogen-bond acceptors (Lipinski definition) is 4. The van der Waals surface area contributed by atoms with Crippen molar-refractivity contribution in [1.29, 1.82) is 0 Å². The zero-order chi connectivity index (χ0) is 17.1. The van der Waals surface area contributed by atoms with E-state index in [1.165, 1.54) is 15.9 Å². The minimum absolute atomic E-state index is 0.228. The van der Waals surface area contributed by atoms with Gasteiger partial charge in [-0.15, -0.1) is 11.3 Å². The minimum Gasteiger partial charge on any atom is -0.385 e. The maximum Gasteiger partial charge on any atom is 0.331 e. The van der Waals surface area contributed by atoms with Crippen LogP contribution in [0.1, 0.15) is 12.0 Å². The lowest BCUT2D eigenvalue weighted by atomic mass is 10.2. The molecule has 7 heteroatoms. The molecule has 0 aliphatic rings. The van der Waals surface area contributed by atoms with Crippen molar-refractivity contribution in [1.82, 2.24) is 9.13 Å². The Morgan fingerprint density at radius 3 is 2.58 bits per heavy atom. The molecule has 1 aromatic carbocycles. The highest BCUT2D eigenvalue weighted by Crippen LogP contribution is 2.17. The molecular formula is C17H17ClN2O3S. The summed E-state index contributed by atoms with van der Waals surface area (Å²) in [5.41, 5.74) is 1.11. The first kappa shape index (κ1) is 17.0. The number of rotatable bonds is 6. The summed E-state index contributed by atoms with van der Waals surface area (Å²) in [4.78, 5) is 25.4. The number of thiophene rings is 1. The number of methoxy groups -OCH3 is 1. The fraction of sp³-hybridized carbons (Fsp3) is 0.294. The number of halogens is 1. The smallest absolute Gasteiger partial charge is 0.331 e. The first-order valence-electron chi connectivity index (χ1n) is 7.56. The molecule has 0 radical (unpaired) electrons. The normalized spacial score (nSPS) is 11.2. The van der Waals surface area contributed by atoms with Gasteiger partial charge in [0.1, 0.15) is 4.70 Å². The van der Waals surface area contributed by atoms with E-state index in [4.69, 9.17) is 16.3 Å². The van der Waals surface area contributed by atoms with Gasteiger partial charge in [-0.05, 0) is 35.6 Å². The van der Waals surface area contributed by atoms with Crippen LogP contribution in [0.5, 0.6) is 0 Å². The summed E-state index contributed by atoms with van der Waals surface area (Å²) < 4.78 is 8.56. The fourth-order valence-corrected chi connectivity index (χ4v) is 3.59. The Hall–Kier alpha value is -1.89. The number of nitrogens with zero attached hydrogens (tertiary/aromatic N) is 2. The van der Waals surface area contributed by atoms with Gasteiger partial charge in [0.05, 0.1) is 12.1 Å². The van der Waals surface area contributed by atoms with Gasteiger partial charge in [0.15, 0.2) is 0 Å². The van der Waals surface area contributed by atoms with Crippen LogP contribution in [0.25, 0.3) is 10.2 Å². The lowest BCUT2D eigenvalue weighted by Gasteiger charge is -2.12. The average molecular weight is 365 g/mol. The third-order valence-electron chi connectivity index (χ3n) is 3.82. The third-order valence-corrected chi connectivity index (χ3v) is 4.96. The van der Waals surface area contributed by atoms with Crippen molar-refractivity contribution in [2.24, 2.45) is 0 Å². The first-order valence-corrected chi connectivity index (χ1v) is 8.82. The Bertz CT molecular complexity index is 957.